The molecular formula is C23H27ClN4O2. The number of halogens is 1. The van der Waals surface area contributed by atoms with E-state index in [4.69, 9.17) is 16.7 Å². The van der Waals surface area contributed by atoms with Gasteiger partial charge in [0.15, 0.2) is 0 Å². The molecule has 2 heterocycles. The summed E-state index contributed by atoms with van der Waals surface area (Å²) in [4.78, 5) is 28.8. The Morgan fingerprint density at radius 1 is 1.13 bits per heavy atom. The molecule has 1 aromatic carbocycles. The van der Waals surface area contributed by atoms with Gasteiger partial charge in [-0.25, -0.2) is 0 Å². The third-order valence-corrected chi connectivity index (χ3v) is 6.93. The summed E-state index contributed by atoms with van der Waals surface area (Å²) in [6, 6.07) is 9.20. The van der Waals surface area contributed by atoms with E-state index in [2.05, 4.69) is 5.32 Å². The van der Waals surface area contributed by atoms with Crippen LogP contribution in [0.2, 0.25) is 5.02 Å². The van der Waals surface area contributed by atoms with Gasteiger partial charge in [-0.2, -0.15) is 5.10 Å². The van der Waals surface area contributed by atoms with Crippen LogP contribution >= 0.6 is 11.6 Å². The highest BCUT2D eigenvalue weighted by Gasteiger charge is 2.49. The van der Waals surface area contributed by atoms with Crippen molar-refractivity contribution in [1.29, 1.82) is 0 Å². The monoisotopic (exact) mass is 426 g/mol. The van der Waals surface area contributed by atoms with Crippen molar-refractivity contribution in [3.8, 4) is 0 Å². The summed E-state index contributed by atoms with van der Waals surface area (Å²) in [5.41, 5.74) is 1.12. The second kappa shape index (κ2) is 7.41. The van der Waals surface area contributed by atoms with Crippen LogP contribution in [0.4, 0.5) is 5.69 Å². The number of hydrogen-bond acceptors (Lipinski definition) is 3. The number of rotatable bonds is 4. The van der Waals surface area contributed by atoms with Crippen LogP contribution in [0.25, 0.3) is 0 Å². The van der Waals surface area contributed by atoms with Crippen molar-refractivity contribution in [2.24, 2.45) is 0 Å². The van der Waals surface area contributed by atoms with Gasteiger partial charge in [0.05, 0.1) is 12.2 Å². The van der Waals surface area contributed by atoms with Gasteiger partial charge < -0.3 is 5.32 Å². The molecule has 1 atom stereocenters. The molecule has 2 saturated carbocycles. The molecule has 0 spiro atoms. The first-order valence-corrected chi connectivity index (χ1v) is 11.3. The fraction of sp³-hybridized carbons (Fsp3) is 0.522. The number of carbonyl (C=O) groups is 2. The van der Waals surface area contributed by atoms with Crippen molar-refractivity contribution in [3.05, 3.63) is 46.7 Å². The van der Waals surface area contributed by atoms with Gasteiger partial charge in [0.1, 0.15) is 11.2 Å². The number of hydrogen-bond donors (Lipinski definition) is 1. The van der Waals surface area contributed by atoms with E-state index < -0.39 is 5.54 Å². The summed E-state index contributed by atoms with van der Waals surface area (Å²) in [6.45, 7) is 2.18. The maximum Gasteiger partial charge on any atom is 0.277 e. The van der Waals surface area contributed by atoms with Crippen LogP contribution in [-0.2, 0) is 11.3 Å². The summed E-state index contributed by atoms with van der Waals surface area (Å²) in [7, 11) is 0. The first kappa shape index (κ1) is 19.6. The van der Waals surface area contributed by atoms with Gasteiger partial charge in [-0.1, -0.05) is 30.9 Å². The van der Waals surface area contributed by atoms with Crippen molar-refractivity contribution >= 4 is 29.1 Å². The highest BCUT2D eigenvalue weighted by Crippen LogP contribution is 2.41. The van der Waals surface area contributed by atoms with Crippen LogP contribution in [0.3, 0.4) is 0 Å². The van der Waals surface area contributed by atoms with Crippen LogP contribution in [0.1, 0.15) is 74.0 Å². The molecule has 158 valence electrons. The lowest BCUT2D eigenvalue weighted by Crippen LogP contribution is -2.65. The summed E-state index contributed by atoms with van der Waals surface area (Å²) in [5.74, 6) is 0.137. The van der Waals surface area contributed by atoms with Crippen molar-refractivity contribution < 1.29 is 9.59 Å². The number of nitrogens with zero attached hydrogens (tertiary/aromatic N) is 3. The lowest BCUT2D eigenvalue weighted by Gasteiger charge is -2.44. The van der Waals surface area contributed by atoms with E-state index in [1.165, 1.54) is 6.42 Å². The van der Waals surface area contributed by atoms with Gasteiger partial charge in [0.25, 0.3) is 5.91 Å². The van der Waals surface area contributed by atoms with Crippen molar-refractivity contribution in [3.63, 3.8) is 0 Å². The van der Waals surface area contributed by atoms with Gasteiger partial charge in [0, 0.05) is 22.7 Å². The minimum absolute atomic E-state index is 0.119. The third kappa shape index (κ3) is 3.41. The van der Waals surface area contributed by atoms with Crippen LogP contribution < -0.4 is 10.2 Å². The largest absolute Gasteiger partial charge is 0.351 e. The second-order valence-corrected chi connectivity index (χ2v) is 9.52. The molecule has 0 bridgehead atoms. The predicted octanol–water partition coefficient (Wildman–Crippen LogP) is 4.28. The molecule has 7 heteroatoms. The Labute approximate surface area is 181 Å². The number of benzene rings is 1. The van der Waals surface area contributed by atoms with Crippen molar-refractivity contribution in [1.82, 2.24) is 15.1 Å². The lowest BCUT2D eigenvalue weighted by molar-refractivity contribution is -0.127. The Morgan fingerprint density at radius 2 is 1.83 bits per heavy atom. The van der Waals surface area contributed by atoms with Crippen LogP contribution in [0.15, 0.2) is 30.3 Å². The Balaban J connectivity index is 1.53. The number of anilines is 1. The predicted molar refractivity (Wildman–Crippen MR) is 116 cm³/mol. The molecule has 30 heavy (non-hydrogen) atoms. The number of carbonyl (C=O) groups excluding carboxylic acids is 2. The maximum absolute atomic E-state index is 13.6. The Morgan fingerprint density at radius 3 is 2.50 bits per heavy atom. The van der Waals surface area contributed by atoms with Gasteiger partial charge in [-0.05, 0) is 62.9 Å². The number of amides is 2. The van der Waals surface area contributed by atoms with E-state index in [-0.39, 0.29) is 17.9 Å². The molecule has 2 amide bonds. The van der Waals surface area contributed by atoms with Gasteiger partial charge in [-0.3, -0.25) is 19.2 Å². The van der Waals surface area contributed by atoms with Crippen LogP contribution in [0, 0.1) is 0 Å². The van der Waals surface area contributed by atoms with E-state index in [0.717, 1.165) is 44.2 Å². The average molecular weight is 427 g/mol. The fourth-order valence-electron chi connectivity index (χ4n) is 4.76. The Bertz CT molecular complexity index is 976. The molecule has 2 fully saturated rings. The van der Waals surface area contributed by atoms with E-state index in [1.807, 2.05) is 13.0 Å². The maximum atomic E-state index is 13.6. The highest BCUT2D eigenvalue weighted by molar-refractivity contribution is 6.30. The minimum atomic E-state index is -1.07. The molecule has 6 nitrogen and oxygen atoms in total. The van der Waals surface area contributed by atoms with E-state index >= 15 is 0 Å². The first-order valence-electron chi connectivity index (χ1n) is 10.9. The summed E-state index contributed by atoms with van der Waals surface area (Å²) in [6.07, 6.45) is 7.71. The van der Waals surface area contributed by atoms with Gasteiger partial charge >= 0.3 is 0 Å². The van der Waals surface area contributed by atoms with Gasteiger partial charge in [-0.15, -0.1) is 0 Å². The third-order valence-electron chi connectivity index (χ3n) is 6.68. The van der Waals surface area contributed by atoms with E-state index in [1.54, 1.807) is 33.8 Å². The molecule has 1 aromatic heterocycles. The SMILES string of the molecule is CC1(C(=O)NC2CCCCC2)Cn2nc(C3CC3)cc2C(=O)N1c1ccc(Cl)cc1. The zero-order chi connectivity index (χ0) is 20.9. The Hall–Kier alpha value is -2.34. The van der Waals surface area contributed by atoms with Crippen molar-refractivity contribution in [2.75, 3.05) is 4.90 Å². The molecule has 0 saturated heterocycles. The number of fused-ring (bicyclic) bond motifs is 1. The normalized spacial score (nSPS) is 24.6. The first-order chi connectivity index (χ1) is 14.5. The molecule has 1 N–H and O–H groups in total. The van der Waals surface area contributed by atoms with Crippen molar-refractivity contribution in [2.45, 2.75) is 75.9 Å². The standard InChI is InChI=1S/C23H27ClN4O2/c1-23(22(30)25-17-5-3-2-4-6-17)14-27-20(13-19(26-27)15-7-8-15)21(29)28(23)18-11-9-16(24)10-12-18/h9-13,15,17H,2-8,14H2,1H3,(H,25,30). The fourth-order valence-corrected chi connectivity index (χ4v) is 4.89. The quantitative estimate of drug-likeness (QED) is 0.793. The van der Waals surface area contributed by atoms with Crippen LogP contribution in [-0.4, -0.2) is 33.2 Å². The molecule has 2 aliphatic carbocycles. The number of nitrogens with one attached hydrogen (secondary N) is 1. The van der Waals surface area contributed by atoms with E-state index in [9.17, 15) is 9.59 Å². The molecular weight excluding hydrogens is 400 g/mol. The summed E-state index contributed by atoms with van der Waals surface area (Å²) < 4.78 is 1.74. The van der Waals surface area contributed by atoms with E-state index in [0.29, 0.717) is 28.9 Å². The minimum Gasteiger partial charge on any atom is -0.351 e. The second-order valence-electron chi connectivity index (χ2n) is 9.09. The van der Waals surface area contributed by atoms with Gasteiger partial charge in [0.2, 0.25) is 5.91 Å². The molecule has 1 unspecified atom stereocenters. The lowest BCUT2D eigenvalue weighted by atomic mass is 9.91. The smallest absolute Gasteiger partial charge is 0.277 e. The number of aromatic nitrogens is 2. The zero-order valence-corrected chi connectivity index (χ0v) is 18.0. The topological polar surface area (TPSA) is 67.2 Å². The van der Waals surface area contributed by atoms with Crippen LogP contribution in [0.5, 0.6) is 0 Å². The average Bonchev–Trinajstić information content (AvgIpc) is 3.50. The Kier molecular flexibility index (Phi) is 4.85. The summed E-state index contributed by atoms with van der Waals surface area (Å²) in [5, 5.41) is 8.53. The molecule has 2 aromatic rings. The highest BCUT2D eigenvalue weighted by atomic mass is 35.5. The zero-order valence-electron chi connectivity index (χ0n) is 17.2. The molecule has 3 aliphatic rings. The summed E-state index contributed by atoms with van der Waals surface area (Å²) >= 11 is 6.08. The molecule has 1 aliphatic heterocycles. The molecule has 5 rings (SSSR count). The molecule has 0 radical (unpaired) electrons.